The van der Waals surface area contributed by atoms with Crippen molar-refractivity contribution in [1.82, 2.24) is 4.90 Å². The van der Waals surface area contributed by atoms with Crippen LogP contribution in [-0.2, 0) is 4.79 Å². The maximum absolute atomic E-state index is 14.0. The normalized spacial score (nSPS) is 18.9. The summed E-state index contributed by atoms with van der Waals surface area (Å²) in [7, 11) is 0. The Balaban J connectivity index is 2.17. The predicted octanol–water partition coefficient (Wildman–Crippen LogP) is 5.40. The first-order valence-electron chi connectivity index (χ1n) is 10.1. The van der Waals surface area contributed by atoms with Crippen molar-refractivity contribution in [3.05, 3.63) is 65.0 Å². The largest absolute Gasteiger partial charge is 0.480 e. The van der Waals surface area contributed by atoms with Crippen LogP contribution in [0.4, 0.5) is 10.1 Å². The third-order valence-corrected chi connectivity index (χ3v) is 5.83. The number of anilines is 1. The van der Waals surface area contributed by atoms with E-state index >= 15 is 0 Å². The second-order valence-electron chi connectivity index (χ2n) is 8.03. The Morgan fingerprint density at radius 3 is 2.63 bits per heavy atom. The molecule has 0 spiro atoms. The highest BCUT2D eigenvalue weighted by Gasteiger charge is 2.36. The average molecular weight is 431 g/mol. The molecule has 0 bridgehead atoms. The molecule has 162 valence electrons. The minimum absolute atomic E-state index is 0.0232. The van der Waals surface area contributed by atoms with Gasteiger partial charge >= 0.3 is 5.97 Å². The Hall–Kier alpha value is -2.47. The van der Waals surface area contributed by atoms with Crippen LogP contribution in [-0.4, -0.2) is 47.1 Å². The number of thiocarbonyl (C=S) groups is 1. The number of rotatable bonds is 10. The molecule has 1 N–H and O–H groups in total. The van der Waals surface area contributed by atoms with Crippen molar-refractivity contribution in [2.75, 3.05) is 24.5 Å². The molecule has 2 unspecified atom stereocenters. The third kappa shape index (κ3) is 6.02. The van der Waals surface area contributed by atoms with Gasteiger partial charge in [-0.1, -0.05) is 48.7 Å². The molecule has 1 aliphatic rings. The van der Waals surface area contributed by atoms with Crippen LogP contribution >= 0.6 is 12.2 Å². The van der Waals surface area contributed by atoms with Crippen molar-refractivity contribution in [2.45, 2.75) is 46.1 Å². The van der Waals surface area contributed by atoms with Crippen molar-refractivity contribution >= 4 is 29.4 Å². The molecule has 1 heterocycles. The maximum Gasteiger partial charge on any atom is 0.323 e. The van der Waals surface area contributed by atoms with E-state index in [9.17, 15) is 14.3 Å². The highest BCUT2D eigenvalue weighted by Crippen LogP contribution is 2.43. The summed E-state index contributed by atoms with van der Waals surface area (Å²) in [5, 5.41) is 9.35. The van der Waals surface area contributed by atoms with E-state index in [0.29, 0.717) is 18.7 Å². The number of allylic oxidation sites excluding steroid dienone is 3. The molecular formula is C24H31FN2O2S. The maximum atomic E-state index is 14.0. The van der Waals surface area contributed by atoms with E-state index in [0.717, 1.165) is 23.2 Å². The number of nitrogens with zero attached hydrogens (tertiary/aromatic N) is 2. The van der Waals surface area contributed by atoms with Crippen LogP contribution in [0.25, 0.3) is 0 Å². The van der Waals surface area contributed by atoms with Gasteiger partial charge in [0.05, 0.1) is 5.49 Å². The lowest BCUT2D eigenvalue weighted by molar-refractivity contribution is -0.135. The van der Waals surface area contributed by atoms with Gasteiger partial charge in [-0.15, -0.1) is 0 Å². The monoisotopic (exact) mass is 430 g/mol. The first kappa shape index (κ1) is 23.8. The summed E-state index contributed by atoms with van der Waals surface area (Å²) in [4.78, 5) is 15.3. The summed E-state index contributed by atoms with van der Waals surface area (Å²) in [5.74, 6) is -0.896. The van der Waals surface area contributed by atoms with Crippen molar-refractivity contribution in [3.63, 3.8) is 0 Å². The first-order chi connectivity index (χ1) is 14.1. The molecule has 1 aromatic rings. The zero-order chi connectivity index (χ0) is 22.4. The molecular weight excluding hydrogens is 399 g/mol. The van der Waals surface area contributed by atoms with Crippen molar-refractivity contribution in [3.8, 4) is 0 Å². The summed E-state index contributed by atoms with van der Waals surface area (Å²) in [6, 6.07) is 6.28. The second kappa shape index (κ2) is 10.5. The lowest BCUT2D eigenvalue weighted by Gasteiger charge is -2.27. The van der Waals surface area contributed by atoms with E-state index in [2.05, 4.69) is 31.7 Å². The molecule has 0 aromatic heterocycles. The van der Waals surface area contributed by atoms with Crippen LogP contribution in [0.5, 0.6) is 0 Å². The molecule has 0 fully saturated rings. The Bertz CT molecular complexity index is 874. The van der Waals surface area contributed by atoms with Gasteiger partial charge in [-0.2, -0.15) is 0 Å². The number of benzene rings is 1. The quantitative estimate of drug-likeness (QED) is 0.398. The van der Waals surface area contributed by atoms with Crippen LogP contribution in [0.15, 0.2) is 53.9 Å². The van der Waals surface area contributed by atoms with Gasteiger partial charge in [0.15, 0.2) is 0 Å². The second-order valence-corrected chi connectivity index (χ2v) is 8.24. The number of hydrogen-bond donors (Lipinski definition) is 1. The summed E-state index contributed by atoms with van der Waals surface area (Å²) in [6.45, 7) is 12.2. The third-order valence-electron chi connectivity index (χ3n) is 5.54. The highest BCUT2D eigenvalue weighted by atomic mass is 32.1. The molecule has 0 aliphatic carbocycles. The topological polar surface area (TPSA) is 43.8 Å². The van der Waals surface area contributed by atoms with Gasteiger partial charge in [0.2, 0.25) is 0 Å². The Kier molecular flexibility index (Phi) is 8.35. The van der Waals surface area contributed by atoms with E-state index in [1.54, 1.807) is 17.6 Å². The van der Waals surface area contributed by atoms with Gasteiger partial charge < -0.3 is 14.9 Å². The minimum Gasteiger partial charge on any atom is -0.480 e. The number of carboxylic acid groups (broad SMARTS) is 1. The molecule has 1 aliphatic heterocycles. The van der Waals surface area contributed by atoms with E-state index < -0.39 is 5.97 Å². The zero-order valence-electron chi connectivity index (χ0n) is 18.2. The Morgan fingerprint density at radius 1 is 1.37 bits per heavy atom. The standard InChI is InChI=1S/C24H31FN2O2S/c1-16(2)6-8-20(18(4)25)13-26(15-30)11-10-21-19(5)27(14-24(28)29)23-12-17(3)7-9-22(21)23/h6-9,12,15,19,21H,1,10-11,13-14H2,2-5H3,(H,28,29)/b8-6-,20-18-. The lowest BCUT2D eigenvalue weighted by Crippen LogP contribution is -2.37. The SMILES string of the molecule is C=C(C)/C=C\C(CN(C=S)CCC1c2ccc(C)cc2N(CC(=O)O)C1C)=C(/C)F. The molecule has 0 saturated carbocycles. The van der Waals surface area contributed by atoms with Crippen molar-refractivity contribution < 1.29 is 14.3 Å². The molecule has 0 radical (unpaired) electrons. The lowest BCUT2D eigenvalue weighted by atomic mass is 9.92. The summed E-state index contributed by atoms with van der Waals surface area (Å²) >= 11 is 5.18. The molecule has 30 heavy (non-hydrogen) atoms. The number of halogens is 1. The van der Waals surface area contributed by atoms with Gasteiger partial charge in [0, 0.05) is 36.3 Å². The van der Waals surface area contributed by atoms with Gasteiger partial charge in [-0.3, -0.25) is 4.79 Å². The molecule has 4 nitrogen and oxygen atoms in total. The van der Waals surface area contributed by atoms with Crippen molar-refractivity contribution in [1.29, 1.82) is 0 Å². The fraction of sp³-hybridized carbons (Fsp3) is 0.417. The van der Waals surface area contributed by atoms with Crippen LogP contribution in [0.3, 0.4) is 0 Å². The molecule has 6 heteroatoms. The van der Waals surface area contributed by atoms with E-state index in [1.807, 2.05) is 23.6 Å². The van der Waals surface area contributed by atoms with Gasteiger partial charge in [0.1, 0.15) is 12.4 Å². The number of carboxylic acids is 1. The van der Waals surface area contributed by atoms with Crippen LogP contribution < -0.4 is 4.90 Å². The first-order valence-corrected chi connectivity index (χ1v) is 10.6. The Labute approximate surface area is 184 Å². The van der Waals surface area contributed by atoms with E-state index in [1.165, 1.54) is 12.5 Å². The fourth-order valence-electron chi connectivity index (χ4n) is 3.90. The van der Waals surface area contributed by atoms with Crippen LogP contribution in [0.1, 0.15) is 44.2 Å². The highest BCUT2D eigenvalue weighted by molar-refractivity contribution is 7.78. The number of aryl methyl sites for hydroxylation is 1. The number of hydrogen-bond acceptors (Lipinski definition) is 3. The number of carbonyl (C=O) groups is 1. The van der Waals surface area contributed by atoms with E-state index in [-0.39, 0.29) is 24.3 Å². The molecule has 0 amide bonds. The summed E-state index contributed by atoms with van der Waals surface area (Å²) < 4.78 is 14.0. The molecule has 1 aromatic carbocycles. The van der Waals surface area contributed by atoms with Crippen LogP contribution in [0, 0.1) is 6.92 Å². The molecule has 2 rings (SSSR count). The Morgan fingerprint density at radius 2 is 2.07 bits per heavy atom. The van der Waals surface area contributed by atoms with Crippen LogP contribution in [0.2, 0.25) is 0 Å². The minimum atomic E-state index is -0.840. The smallest absolute Gasteiger partial charge is 0.323 e. The molecule has 0 saturated heterocycles. The summed E-state index contributed by atoms with van der Waals surface area (Å²) in [5.41, 5.74) is 6.26. The van der Waals surface area contributed by atoms with Crippen molar-refractivity contribution in [2.24, 2.45) is 0 Å². The van der Waals surface area contributed by atoms with Gasteiger partial charge in [-0.25, -0.2) is 4.39 Å². The van der Waals surface area contributed by atoms with Gasteiger partial charge in [-0.05, 0) is 51.3 Å². The average Bonchev–Trinajstić information content (AvgIpc) is 2.91. The van der Waals surface area contributed by atoms with Gasteiger partial charge in [0.25, 0.3) is 0 Å². The molecule has 2 atom stereocenters. The summed E-state index contributed by atoms with van der Waals surface area (Å²) in [6.07, 6.45) is 4.33. The fourth-order valence-corrected chi connectivity index (χ4v) is 4.08. The number of fused-ring (bicyclic) bond motifs is 1. The van der Waals surface area contributed by atoms with E-state index in [4.69, 9.17) is 12.2 Å². The zero-order valence-corrected chi connectivity index (χ0v) is 19.0. The number of aliphatic carboxylic acids is 1. The predicted molar refractivity (Wildman–Crippen MR) is 126 cm³/mol.